The average Bonchev–Trinajstić information content (AvgIpc) is 2.58. The first kappa shape index (κ1) is 15.2. The summed E-state index contributed by atoms with van der Waals surface area (Å²) in [5.74, 6) is -0.452. The van der Waals surface area contributed by atoms with Gasteiger partial charge in [-0.1, -0.05) is 23.4 Å². The number of rotatable bonds is 3. The number of amidine groups is 1. The van der Waals surface area contributed by atoms with Gasteiger partial charge in [-0.15, -0.1) is 17.0 Å². The smallest absolute Gasteiger partial charge is 0.262 e. The largest absolute Gasteiger partial charge is 0.378 e. The molecule has 1 heterocycles. The summed E-state index contributed by atoms with van der Waals surface area (Å²) in [6.45, 7) is 0. The van der Waals surface area contributed by atoms with Crippen molar-refractivity contribution in [3.8, 4) is 0 Å². The third-order valence-corrected chi connectivity index (χ3v) is 3.53. The van der Waals surface area contributed by atoms with Crippen molar-refractivity contribution in [2.24, 2.45) is 10.7 Å². The lowest BCUT2D eigenvalue weighted by molar-refractivity contribution is -0.117. The Labute approximate surface area is 124 Å². The van der Waals surface area contributed by atoms with Crippen LogP contribution in [-0.2, 0) is 4.79 Å². The van der Waals surface area contributed by atoms with Crippen LogP contribution in [0.5, 0.6) is 0 Å². The SMILES string of the molecule is Br.NC1=NC(=O)C(CC(=O)c2ccc(Cl)cc2)S1. The second-order valence-electron chi connectivity index (χ2n) is 3.53. The van der Waals surface area contributed by atoms with Crippen LogP contribution < -0.4 is 5.73 Å². The molecule has 0 aliphatic carbocycles. The molecule has 1 aliphatic heterocycles. The van der Waals surface area contributed by atoms with E-state index < -0.39 is 5.25 Å². The molecule has 1 aromatic carbocycles. The number of amides is 1. The van der Waals surface area contributed by atoms with Crippen LogP contribution in [0.3, 0.4) is 0 Å². The van der Waals surface area contributed by atoms with Crippen molar-refractivity contribution < 1.29 is 9.59 Å². The highest BCUT2D eigenvalue weighted by atomic mass is 79.9. The summed E-state index contributed by atoms with van der Waals surface area (Å²) in [6, 6.07) is 6.56. The van der Waals surface area contributed by atoms with Crippen molar-refractivity contribution in [1.29, 1.82) is 0 Å². The predicted octanol–water partition coefficient (Wildman–Crippen LogP) is 2.45. The van der Waals surface area contributed by atoms with Gasteiger partial charge in [-0.05, 0) is 24.3 Å². The molecule has 0 radical (unpaired) electrons. The number of hydrogen-bond donors (Lipinski definition) is 1. The van der Waals surface area contributed by atoms with Crippen LogP contribution in [0.1, 0.15) is 16.8 Å². The van der Waals surface area contributed by atoms with E-state index in [1.165, 1.54) is 0 Å². The molecule has 0 fully saturated rings. The fourth-order valence-electron chi connectivity index (χ4n) is 1.45. The van der Waals surface area contributed by atoms with E-state index in [0.717, 1.165) is 11.8 Å². The molecule has 7 heteroatoms. The second-order valence-corrected chi connectivity index (χ2v) is 5.19. The minimum atomic E-state index is -0.488. The number of hydrogen-bond acceptors (Lipinski definition) is 4. The van der Waals surface area contributed by atoms with Crippen LogP contribution >= 0.6 is 40.3 Å². The van der Waals surface area contributed by atoms with Crippen LogP contribution in [0.2, 0.25) is 5.02 Å². The quantitative estimate of drug-likeness (QED) is 0.851. The molecule has 0 saturated carbocycles. The molecule has 0 bridgehead atoms. The number of nitrogens with two attached hydrogens (primary N) is 1. The Hall–Kier alpha value is -0.850. The highest BCUT2D eigenvalue weighted by Gasteiger charge is 2.29. The van der Waals surface area contributed by atoms with Gasteiger partial charge in [-0.3, -0.25) is 9.59 Å². The van der Waals surface area contributed by atoms with E-state index in [-0.39, 0.29) is 40.3 Å². The van der Waals surface area contributed by atoms with Crippen LogP contribution in [-0.4, -0.2) is 22.1 Å². The molecule has 18 heavy (non-hydrogen) atoms. The standard InChI is InChI=1S/C11H9ClN2O2S.BrH/c12-7-3-1-6(2-4-7)8(15)5-9-10(16)14-11(13)17-9;/h1-4,9H,5H2,(H2,13,14,16);1H. The van der Waals surface area contributed by atoms with Gasteiger partial charge in [-0.2, -0.15) is 4.99 Å². The molecule has 0 spiro atoms. The maximum absolute atomic E-state index is 11.9. The van der Waals surface area contributed by atoms with Crippen LogP contribution in [0.15, 0.2) is 29.3 Å². The first-order valence-electron chi connectivity index (χ1n) is 4.89. The van der Waals surface area contributed by atoms with Crippen molar-refractivity contribution in [3.63, 3.8) is 0 Å². The number of Topliss-reactive ketones (excluding diaryl/α,β-unsaturated/α-hetero) is 1. The molecular formula is C11H10BrClN2O2S. The number of carbonyl (C=O) groups is 2. The predicted molar refractivity (Wildman–Crippen MR) is 78.7 cm³/mol. The fraction of sp³-hybridized carbons (Fsp3) is 0.182. The minimum Gasteiger partial charge on any atom is -0.378 e. The van der Waals surface area contributed by atoms with Crippen molar-refractivity contribution in [1.82, 2.24) is 0 Å². The average molecular weight is 350 g/mol. The van der Waals surface area contributed by atoms with Crippen LogP contribution in [0.4, 0.5) is 0 Å². The number of carbonyl (C=O) groups excluding carboxylic acids is 2. The van der Waals surface area contributed by atoms with Crippen LogP contribution in [0.25, 0.3) is 0 Å². The minimum absolute atomic E-state index is 0. The molecule has 2 rings (SSSR count). The van der Waals surface area contributed by atoms with Gasteiger partial charge in [0.25, 0.3) is 5.91 Å². The molecule has 2 N–H and O–H groups in total. The van der Waals surface area contributed by atoms with Gasteiger partial charge in [0.05, 0.1) is 0 Å². The van der Waals surface area contributed by atoms with E-state index in [1.807, 2.05) is 0 Å². The van der Waals surface area contributed by atoms with Gasteiger partial charge in [0.1, 0.15) is 5.25 Å². The first-order valence-corrected chi connectivity index (χ1v) is 6.15. The third kappa shape index (κ3) is 3.57. The Morgan fingerprint density at radius 3 is 2.50 bits per heavy atom. The summed E-state index contributed by atoms with van der Waals surface area (Å²) in [5.41, 5.74) is 5.95. The first-order chi connectivity index (χ1) is 8.06. The number of aliphatic imine (C=N–C) groups is 1. The number of benzene rings is 1. The monoisotopic (exact) mass is 348 g/mol. The van der Waals surface area contributed by atoms with Crippen molar-refractivity contribution in [2.75, 3.05) is 0 Å². The van der Waals surface area contributed by atoms with Gasteiger partial charge in [-0.25, -0.2) is 0 Å². The highest BCUT2D eigenvalue weighted by Crippen LogP contribution is 2.24. The third-order valence-electron chi connectivity index (χ3n) is 2.30. The van der Waals surface area contributed by atoms with Crippen molar-refractivity contribution >= 4 is 57.2 Å². The van der Waals surface area contributed by atoms with E-state index in [0.29, 0.717) is 10.6 Å². The second kappa shape index (κ2) is 6.36. The Bertz CT molecular complexity index is 504. The number of ketones is 1. The van der Waals surface area contributed by atoms with Crippen LogP contribution in [0, 0.1) is 0 Å². The molecule has 1 atom stereocenters. The maximum atomic E-state index is 11.9. The Morgan fingerprint density at radius 2 is 2.00 bits per heavy atom. The van der Waals surface area contributed by atoms with Gasteiger partial charge < -0.3 is 5.73 Å². The highest BCUT2D eigenvalue weighted by molar-refractivity contribution is 8.93. The maximum Gasteiger partial charge on any atom is 0.262 e. The Balaban J connectivity index is 0.00000162. The van der Waals surface area contributed by atoms with E-state index in [1.54, 1.807) is 24.3 Å². The lowest BCUT2D eigenvalue weighted by Gasteiger charge is -2.05. The molecule has 0 aromatic heterocycles. The van der Waals surface area contributed by atoms with Gasteiger partial charge >= 0.3 is 0 Å². The zero-order valence-electron chi connectivity index (χ0n) is 9.13. The summed E-state index contributed by atoms with van der Waals surface area (Å²) >= 11 is 6.86. The van der Waals surface area contributed by atoms with E-state index in [9.17, 15) is 9.59 Å². The lowest BCUT2D eigenvalue weighted by atomic mass is 10.1. The molecule has 96 valence electrons. The van der Waals surface area contributed by atoms with Crippen molar-refractivity contribution in [2.45, 2.75) is 11.7 Å². The van der Waals surface area contributed by atoms with Gasteiger partial charge in [0, 0.05) is 17.0 Å². The summed E-state index contributed by atoms with van der Waals surface area (Å²) in [7, 11) is 0. The van der Waals surface area contributed by atoms with Crippen molar-refractivity contribution in [3.05, 3.63) is 34.9 Å². The normalized spacial score (nSPS) is 18.2. The molecule has 1 amide bonds. The molecule has 0 saturated heterocycles. The zero-order chi connectivity index (χ0) is 12.4. The molecule has 1 unspecified atom stereocenters. The Kier molecular flexibility index (Phi) is 5.37. The van der Waals surface area contributed by atoms with E-state index in [4.69, 9.17) is 17.3 Å². The molecule has 1 aromatic rings. The number of halogens is 2. The van der Waals surface area contributed by atoms with E-state index in [2.05, 4.69) is 4.99 Å². The zero-order valence-corrected chi connectivity index (χ0v) is 12.4. The summed E-state index contributed by atoms with van der Waals surface area (Å²) in [6.07, 6.45) is 0.106. The van der Waals surface area contributed by atoms with E-state index >= 15 is 0 Å². The molecule has 4 nitrogen and oxygen atoms in total. The van der Waals surface area contributed by atoms with Gasteiger partial charge in [0.2, 0.25) is 0 Å². The number of nitrogens with zero attached hydrogens (tertiary/aromatic N) is 1. The lowest BCUT2D eigenvalue weighted by Crippen LogP contribution is -2.16. The topological polar surface area (TPSA) is 72.5 Å². The Morgan fingerprint density at radius 1 is 1.39 bits per heavy atom. The summed E-state index contributed by atoms with van der Waals surface area (Å²) in [5, 5.41) is 0.308. The fourth-order valence-corrected chi connectivity index (χ4v) is 2.40. The summed E-state index contributed by atoms with van der Waals surface area (Å²) < 4.78 is 0. The number of thioether (sulfide) groups is 1. The van der Waals surface area contributed by atoms with Gasteiger partial charge in [0.15, 0.2) is 11.0 Å². The summed E-state index contributed by atoms with van der Waals surface area (Å²) in [4.78, 5) is 26.8. The molecular weight excluding hydrogens is 340 g/mol. The molecule has 1 aliphatic rings.